The number of hydrogen-bond donors (Lipinski definition) is 0. The second kappa shape index (κ2) is 10.4. The van der Waals surface area contributed by atoms with Gasteiger partial charge in [-0.25, -0.2) is 4.98 Å². The summed E-state index contributed by atoms with van der Waals surface area (Å²) >= 11 is 3.27. The number of anilines is 1. The summed E-state index contributed by atoms with van der Waals surface area (Å²) in [6, 6.07) is 7.49. The molecule has 0 aromatic heterocycles. The Hall–Kier alpha value is -2.40. The molecule has 1 aromatic carbocycles. The number of fused-ring (bicyclic) bond motifs is 2. The molecule has 0 fully saturated rings. The Morgan fingerprint density at radius 1 is 1.21 bits per heavy atom. The van der Waals surface area contributed by atoms with Gasteiger partial charge in [0.1, 0.15) is 11.2 Å². The number of nitrogens with zero attached hydrogens (tertiary/aromatic N) is 2. The quantitative estimate of drug-likeness (QED) is 0.320. The highest BCUT2D eigenvalue weighted by molar-refractivity contribution is 9.09. The summed E-state index contributed by atoms with van der Waals surface area (Å²) in [5.74, 6) is 0.484. The van der Waals surface area contributed by atoms with Crippen molar-refractivity contribution < 1.29 is 4.42 Å². The molecule has 0 N–H and O–H groups in total. The van der Waals surface area contributed by atoms with Crippen molar-refractivity contribution in [3.63, 3.8) is 0 Å². The summed E-state index contributed by atoms with van der Waals surface area (Å²) < 4.78 is 6.02. The topological polar surface area (TPSA) is 46.3 Å². The minimum absolute atomic E-state index is 0.0923. The fourth-order valence-corrected chi connectivity index (χ4v) is 3.10. The molecule has 0 radical (unpaired) electrons. The molecule has 0 saturated carbocycles. The lowest BCUT2D eigenvalue weighted by molar-refractivity contribution is 0.612. The van der Waals surface area contributed by atoms with Crippen molar-refractivity contribution in [1.29, 1.82) is 0 Å². The lowest BCUT2D eigenvalue weighted by atomic mass is 10.0. The third-order valence-electron chi connectivity index (χ3n) is 4.37. The Labute approximate surface area is 181 Å². The summed E-state index contributed by atoms with van der Waals surface area (Å²) in [6.07, 6.45) is 5.29. The normalized spacial score (nSPS) is 11.1. The molecular formula is C24H29BrN2O2. The van der Waals surface area contributed by atoms with E-state index in [1.165, 1.54) is 6.07 Å². The minimum Gasteiger partial charge on any atom is -0.453 e. The molecule has 0 atom stereocenters. The molecule has 3 rings (SSSR count). The maximum atomic E-state index is 12.4. The predicted octanol–water partition coefficient (Wildman–Crippen LogP) is 6.60. The van der Waals surface area contributed by atoms with E-state index < -0.39 is 0 Å². The number of rotatable bonds is 5. The molecule has 5 heteroatoms. The van der Waals surface area contributed by atoms with Gasteiger partial charge in [0.15, 0.2) is 16.8 Å². The van der Waals surface area contributed by atoms with E-state index in [1.54, 1.807) is 12.2 Å². The maximum absolute atomic E-state index is 12.4. The second-order valence-corrected chi connectivity index (χ2v) is 8.64. The van der Waals surface area contributed by atoms with Gasteiger partial charge in [0.2, 0.25) is 0 Å². The van der Waals surface area contributed by atoms with Crippen molar-refractivity contribution >= 4 is 44.9 Å². The Morgan fingerprint density at radius 3 is 2.41 bits per heavy atom. The van der Waals surface area contributed by atoms with E-state index in [2.05, 4.69) is 55.1 Å². The van der Waals surface area contributed by atoms with Gasteiger partial charge < -0.3 is 9.32 Å². The smallest absolute Gasteiger partial charge is 0.190 e. The van der Waals surface area contributed by atoms with Crippen LogP contribution in [0.5, 0.6) is 0 Å². The van der Waals surface area contributed by atoms with Crippen molar-refractivity contribution in [2.45, 2.75) is 39.4 Å². The molecule has 4 nitrogen and oxygen atoms in total. The standard InChI is InChI=1S/C21H22N2O2.C3H7Br/c1-5-9-16-15(6-2)21-20(13-18(16)24)25-19-12-14(23(7-3)8-4)10-11-17(19)22-21;1-3(2)4/h5-6,9-13H,2,7-8H2,1,3-4H3;3H,1-2H3/b9-5-;. The van der Waals surface area contributed by atoms with Crippen LogP contribution >= 0.6 is 15.9 Å². The molecule has 29 heavy (non-hydrogen) atoms. The highest BCUT2D eigenvalue weighted by atomic mass is 79.9. The highest BCUT2D eigenvalue weighted by Crippen LogP contribution is 2.31. The van der Waals surface area contributed by atoms with Gasteiger partial charge in [0.05, 0.1) is 0 Å². The Balaban J connectivity index is 0.000000687. The summed E-state index contributed by atoms with van der Waals surface area (Å²) in [5, 5.41) is 0. The molecule has 0 saturated heterocycles. The lowest BCUT2D eigenvalue weighted by Gasteiger charge is -2.21. The first kappa shape index (κ1) is 22.9. The third-order valence-corrected chi connectivity index (χ3v) is 4.37. The first-order chi connectivity index (χ1) is 13.9. The first-order valence-electron chi connectivity index (χ1n) is 9.91. The molecule has 1 heterocycles. The van der Waals surface area contributed by atoms with E-state index in [-0.39, 0.29) is 5.43 Å². The van der Waals surface area contributed by atoms with Gasteiger partial charge >= 0.3 is 0 Å². The number of allylic oxidation sites excluding steroid dienone is 1. The molecule has 0 spiro atoms. The van der Waals surface area contributed by atoms with Crippen molar-refractivity contribution in [2.24, 2.45) is 0 Å². The molecule has 2 aliphatic rings. The van der Waals surface area contributed by atoms with Crippen LogP contribution in [-0.4, -0.2) is 22.9 Å². The molecule has 0 unspecified atom stereocenters. The molecular weight excluding hydrogens is 428 g/mol. The fourth-order valence-electron chi connectivity index (χ4n) is 3.10. The minimum atomic E-state index is -0.0923. The summed E-state index contributed by atoms with van der Waals surface area (Å²) in [6.45, 7) is 16.0. The van der Waals surface area contributed by atoms with E-state index in [0.29, 0.717) is 33.0 Å². The van der Waals surface area contributed by atoms with Crippen LogP contribution in [0.25, 0.3) is 34.7 Å². The van der Waals surface area contributed by atoms with E-state index in [0.717, 1.165) is 24.3 Å². The van der Waals surface area contributed by atoms with Crippen molar-refractivity contribution in [2.75, 3.05) is 18.0 Å². The van der Waals surface area contributed by atoms with E-state index in [9.17, 15) is 4.79 Å². The van der Waals surface area contributed by atoms with E-state index in [1.807, 2.05) is 31.2 Å². The molecule has 1 aliphatic heterocycles. The van der Waals surface area contributed by atoms with Crippen molar-refractivity contribution in [3.05, 3.63) is 58.3 Å². The summed E-state index contributed by atoms with van der Waals surface area (Å²) in [5.41, 5.74) is 4.38. The van der Waals surface area contributed by atoms with Crippen LogP contribution < -0.4 is 10.3 Å². The van der Waals surface area contributed by atoms with Crippen molar-refractivity contribution in [1.82, 2.24) is 4.98 Å². The van der Waals surface area contributed by atoms with Crippen molar-refractivity contribution in [3.8, 4) is 11.5 Å². The zero-order chi connectivity index (χ0) is 21.6. The van der Waals surface area contributed by atoms with Crippen LogP contribution in [0.2, 0.25) is 0 Å². The van der Waals surface area contributed by atoms with Gasteiger partial charge in [0, 0.05) is 46.9 Å². The monoisotopic (exact) mass is 456 g/mol. The van der Waals surface area contributed by atoms with Gasteiger partial charge in [0.25, 0.3) is 0 Å². The predicted molar refractivity (Wildman–Crippen MR) is 129 cm³/mol. The number of alkyl halides is 1. The van der Waals surface area contributed by atoms with E-state index >= 15 is 0 Å². The van der Waals surface area contributed by atoms with Gasteiger partial charge in [-0.2, -0.15) is 0 Å². The second-order valence-electron chi connectivity index (χ2n) is 6.80. The van der Waals surface area contributed by atoms with Gasteiger partial charge in [-0.3, -0.25) is 4.79 Å². The van der Waals surface area contributed by atoms with Crippen LogP contribution in [-0.2, 0) is 0 Å². The number of benzene rings is 2. The first-order valence-corrected chi connectivity index (χ1v) is 10.8. The molecule has 1 aliphatic carbocycles. The zero-order valence-corrected chi connectivity index (χ0v) is 19.4. The van der Waals surface area contributed by atoms with Gasteiger partial charge in [-0.15, -0.1) is 0 Å². The third kappa shape index (κ3) is 5.36. The molecule has 0 amide bonds. The number of aromatic nitrogens is 1. The zero-order valence-electron chi connectivity index (χ0n) is 17.8. The van der Waals surface area contributed by atoms with Crippen LogP contribution in [0, 0.1) is 0 Å². The number of hydrogen-bond acceptors (Lipinski definition) is 4. The maximum Gasteiger partial charge on any atom is 0.190 e. The van der Waals surface area contributed by atoms with Gasteiger partial charge in [-0.05, 0) is 32.9 Å². The largest absolute Gasteiger partial charge is 0.453 e. The van der Waals surface area contributed by atoms with Crippen LogP contribution in [0.15, 0.2) is 46.1 Å². The fraction of sp³-hybridized carbons (Fsp3) is 0.333. The highest BCUT2D eigenvalue weighted by Gasteiger charge is 2.18. The molecule has 0 bridgehead atoms. The summed E-state index contributed by atoms with van der Waals surface area (Å²) in [4.78, 5) is 20.0. The van der Waals surface area contributed by atoms with Crippen LogP contribution in [0.4, 0.5) is 5.69 Å². The van der Waals surface area contributed by atoms with Crippen LogP contribution in [0.3, 0.4) is 0 Å². The van der Waals surface area contributed by atoms with Gasteiger partial charge in [-0.1, -0.05) is 54.6 Å². The number of halogens is 1. The van der Waals surface area contributed by atoms with Crippen LogP contribution in [0.1, 0.15) is 45.7 Å². The Bertz CT molecular complexity index is 1030. The Morgan fingerprint density at radius 2 is 1.86 bits per heavy atom. The average molecular weight is 457 g/mol. The lowest BCUT2D eigenvalue weighted by Crippen LogP contribution is -2.21. The molecule has 154 valence electrons. The molecule has 1 aromatic rings. The van der Waals surface area contributed by atoms with E-state index in [4.69, 9.17) is 9.40 Å². The SMILES string of the molecule is C=Cc1c2nc3ccc(N(CC)CC)cc3oc-2cc(=O)c1/C=C\C.CC(C)Br. The average Bonchev–Trinajstić information content (AvgIpc) is 2.68. The Kier molecular flexibility index (Phi) is 8.21. The summed E-state index contributed by atoms with van der Waals surface area (Å²) in [7, 11) is 0.